The summed E-state index contributed by atoms with van der Waals surface area (Å²) in [4.78, 5) is 21.1. The molecule has 1 aromatic carbocycles. The highest BCUT2D eigenvalue weighted by atomic mass is 35.5. The first-order valence-electron chi connectivity index (χ1n) is 9.91. The number of halogens is 1. The summed E-state index contributed by atoms with van der Waals surface area (Å²) < 4.78 is 3.10. The fourth-order valence-electron chi connectivity index (χ4n) is 3.31. The molecular formula is C23H20ClN7O. The fraction of sp³-hybridized carbons (Fsp3) is 0.174. The first-order chi connectivity index (χ1) is 15.4. The van der Waals surface area contributed by atoms with Crippen molar-refractivity contribution in [3.05, 3.63) is 76.2 Å². The zero-order valence-corrected chi connectivity index (χ0v) is 18.5. The van der Waals surface area contributed by atoms with Crippen molar-refractivity contribution >= 4 is 17.5 Å². The number of nitrogens with zero attached hydrogens (tertiary/aromatic N) is 6. The third-order valence-electron chi connectivity index (χ3n) is 4.85. The summed E-state index contributed by atoms with van der Waals surface area (Å²) in [7, 11) is 1.69. The van der Waals surface area contributed by atoms with E-state index in [0.717, 1.165) is 11.1 Å². The lowest BCUT2D eigenvalue weighted by Gasteiger charge is -2.11. The van der Waals surface area contributed by atoms with Crippen molar-refractivity contribution < 1.29 is 0 Å². The second kappa shape index (κ2) is 8.65. The Morgan fingerprint density at radius 1 is 1.09 bits per heavy atom. The molecule has 0 aliphatic carbocycles. The van der Waals surface area contributed by atoms with Crippen molar-refractivity contribution in [1.82, 2.24) is 24.3 Å². The molecule has 0 amide bonds. The standard InChI is InChI=1S/C23H20ClN7O/c1-14(2)29-23-26-9-15(10-27-23)17-7-22(32)30(3)13-19(17)16-11-28-31(12-16)21-6-4-5-20(24)18(21)8-25/h4-7,9-14H,1-3H3,(H,26,27,29). The molecule has 0 saturated carbocycles. The summed E-state index contributed by atoms with van der Waals surface area (Å²) in [6, 6.07) is 9.09. The van der Waals surface area contributed by atoms with E-state index in [4.69, 9.17) is 11.6 Å². The zero-order valence-electron chi connectivity index (χ0n) is 17.7. The molecule has 0 unspecified atom stereocenters. The van der Waals surface area contributed by atoms with Crippen LogP contribution in [0.1, 0.15) is 19.4 Å². The molecule has 0 aliphatic rings. The van der Waals surface area contributed by atoms with Crippen LogP contribution < -0.4 is 10.9 Å². The molecule has 32 heavy (non-hydrogen) atoms. The Hall–Kier alpha value is -3.96. The number of rotatable bonds is 5. The monoisotopic (exact) mass is 445 g/mol. The number of hydrogen-bond donors (Lipinski definition) is 1. The molecule has 0 spiro atoms. The number of aromatic nitrogens is 5. The number of aryl methyl sites for hydroxylation is 1. The third-order valence-corrected chi connectivity index (χ3v) is 5.17. The largest absolute Gasteiger partial charge is 0.352 e. The number of benzene rings is 1. The van der Waals surface area contributed by atoms with Gasteiger partial charge in [0, 0.05) is 60.6 Å². The molecule has 3 aromatic heterocycles. The first kappa shape index (κ1) is 21.3. The summed E-state index contributed by atoms with van der Waals surface area (Å²) >= 11 is 6.17. The van der Waals surface area contributed by atoms with Gasteiger partial charge in [0.15, 0.2) is 0 Å². The van der Waals surface area contributed by atoms with Gasteiger partial charge in [0.2, 0.25) is 5.95 Å². The van der Waals surface area contributed by atoms with E-state index in [9.17, 15) is 10.1 Å². The van der Waals surface area contributed by atoms with Crippen LogP contribution in [0.25, 0.3) is 27.9 Å². The molecule has 9 heteroatoms. The molecule has 0 aliphatic heterocycles. The van der Waals surface area contributed by atoms with E-state index in [0.29, 0.717) is 33.3 Å². The van der Waals surface area contributed by atoms with Crippen molar-refractivity contribution in [2.75, 3.05) is 5.32 Å². The maximum absolute atomic E-state index is 12.4. The van der Waals surface area contributed by atoms with Crippen LogP contribution in [0.4, 0.5) is 5.95 Å². The second-order valence-electron chi connectivity index (χ2n) is 7.56. The van der Waals surface area contributed by atoms with Crippen LogP contribution >= 0.6 is 11.6 Å². The van der Waals surface area contributed by atoms with Gasteiger partial charge in [0.05, 0.1) is 22.5 Å². The van der Waals surface area contributed by atoms with E-state index >= 15 is 0 Å². The highest BCUT2D eigenvalue weighted by Gasteiger charge is 2.15. The number of hydrogen-bond acceptors (Lipinski definition) is 6. The number of nitriles is 1. The summed E-state index contributed by atoms with van der Waals surface area (Å²) in [5.41, 5.74) is 3.71. The normalized spacial score (nSPS) is 10.9. The molecule has 0 saturated heterocycles. The van der Waals surface area contributed by atoms with Gasteiger partial charge in [0.1, 0.15) is 6.07 Å². The average molecular weight is 446 g/mol. The molecule has 160 valence electrons. The predicted octanol–water partition coefficient (Wildman–Crippen LogP) is 4.04. The van der Waals surface area contributed by atoms with Gasteiger partial charge in [-0.1, -0.05) is 17.7 Å². The van der Waals surface area contributed by atoms with E-state index < -0.39 is 0 Å². The minimum Gasteiger partial charge on any atom is -0.352 e. The lowest BCUT2D eigenvalue weighted by Crippen LogP contribution is -2.16. The predicted molar refractivity (Wildman–Crippen MR) is 124 cm³/mol. The molecule has 4 rings (SSSR count). The van der Waals surface area contributed by atoms with Crippen molar-refractivity contribution in [2.45, 2.75) is 19.9 Å². The van der Waals surface area contributed by atoms with Gasteiger partial charge in [-0.3, -0.25) is 4.79 Å². The number of nitrogens with one attached hydrogen (secondary N) is 1. The van der Waals surface area contributed by atoms with Crippen LogP contribution in [0, 0.1) is 11.3 Å². The highest BCUT2D eigenvalue weighted by molar-refractivity contribution is 6.32. The van der Waals surface area contributed by atoms with Crippen LogP contribution in [0.15, 0.2) is 60.0 Å². The van der Waals surface area contributed by atoms with E-state index in [1.54, 1.807) is 67.0 Å². The molecule has 0 atom stereocenters. The summed E-state index contributed by atoms with van der Waals surface area (Å²) in [5, 5.41) is 17.4. The van der Waals surface area contributed by atoms with E-state index in [1.165, 1.54) is 4.57 Å². The quantitative estimate of drug-likeness (QED) is 0.497. The van der Waals surface area contributed by atoms with Gasteiger partial charge in [-0.05, 0) is 31.5 Å². The van der Waals surface area contributed by atoms with E-state index in [1.807, 2.05) is 13.8 Å². The Bertz CT molecular complexity index is 1380. The Morgan fingerprint density at radius 2 is 1.84 bits per heavy atom. The summed E-state index contributed by atoms with van der Waals surface area (Å²) in [6.07, 6.45) is 8.60. The molecular weight excluding hydrogens is 426 g/mol. The Balaban J connectivity index is 1.81. The van der Waals surface area contributed by atoms with Crippen molar-refractivity contribution in [3.63, 3.8) is 0 Å². The molecule has 0 bridgehead atoms. The average Bonchev–Trinajstić information content (AvgIpc) is 3.25. The van der Waals surface area contributed by atoms with Crippen LogP contribution in [0.2, 0.25) is 5.02 Å². The maximum atomic E-state index is 12.4. The fourth-order valence-corrected chi connectivity index (χ4v) is 3.52. The summed E-state index contributed by atoms with van der Waals surface area (Å²) in [5.74, 6) is 0.520. The first-order valence-corrected chi connectivity index (χ1v) is 10.3. The number of anilines is 1. The molecule has 4 aromatic rings. The van der Waals surface area contributed by atoms with Gasteiger partial charge < -0.3 is 9.88 Å². The maximum Gasteiger partial charge on any atom is 0.250 e. The second-order valence-corrected chi connectivity index (χ2v) is 7.97. The zero-order chi connectivity index (χ0) is 22.8. The molecule has 3 heterocycles. The van der Waals surface area contributed by atoms with Gasteiger partial charge >= 0.3 is 0 Å². The van der Waals surface area contributed by atoms with Crippen LogP contribution in [0.3, 0.4) is 0 Å². The van der Waals surface area contributed by atoms with Crippen molar-refractivity contribution in [1.29, 1.82) is 5.26 Å². The Morgan fingerprint density at radius 3 is 2.53 bits per heavy atom. The topological polar surface area (TPSA) is 101 Å². The number of pyridine rings is 1. The SMILES string of the molecule is CC(C)Nc1ncc(-c2cc(=O)n(C)cc2-c2cnn(-c3cccc(Cl)c3C#N)c2)cn1. The minimum absolute atomic E-state index is 0.151. The van der Waals surface area contributed by atoms with E-state index in [2.05, 4.69) is 26.5 Å². The molecule has 0 fully saturated rings. The lowest BCUT2D eigenvalue weighted by molar-refractivity contribution is 0.862. The minimum atomic E-state index is -0.151. The van der Waals surface area contributed by atoms with Gasteiger partial charge in [-0.15, -0.1) is 0 Å². The van der Waals surface area contributed by atoms with Crippen molar-refractivity contribution in [2.24, 2.45) is 7.05 Å². The highest BCUT2D eigenvalue weighted by Crippen LogP contribution is 2.31. The smallest absolute Gasteiger partial charge is 0.250 e. The molecule has 1 N–H and O–H groups in total. The lowest BCUT2D eigenvalue weighted by atomic mass is 10.0. The van der Waals surface area contributed by atoms with Gasteiger partial charge in [-0.25, -0.2) is 14.6 Å². The summed E-state index contributed by atoms with van der Waals surface area (Å²) in [6.45, 7) is 4.01. The van der Waals surface area contributed by atoms with E-state index in [-0.39, 0.29) is 11.6 Å². The Labute approximate surface area is 189 Å². The third kappa shape index (κ3) is 4.11. The molecule has 8 nitrogen and oxygen atoms in total. The van der Waals surface area contributed by atoms with Crippen LogP contribution in [-0.4, -0.2) is 30.4 Å². The van der Waals surface area contributed by atoms with Crippen LogP contribution in [0.5, 0.6) is 0 Å². The van der Waals surface area contributed by atoms with Crippen LogP contribution in [-0.2, 0) is 7.05 Å². The van der Waals surface area contributed by atoms with Gasteiger partial charge in [0.25, 0.3) is 5.56 Å². The molecule has 0 radical (unpaired) electrons. The van der Waals surface area contributed by atoms with Gasteiger partial charge in [-0.2, -0.15) is 10.4 Å². The van der Waals surface area contributed by atoms with Crippen molar-refractivity contribution in [3.8, 4) is 34.0 Å². The Kier molecular flexibility index (Phi) is 5.75.